The molecule has 1 aliphatic rings. The van der Waals surface area contributed by atoms with E-state index in [0.29, 0.717) is 19.1 Å². The third-order valence-electron chi connectivity index (χ3n) is 3.15. The summed E-state index contributed by atoms with van der Waals surface area (Å²) in [6.07, 6.45) is 3.12. The van der Waals surface area contributed by atoms with E-state index in [4.69, 9.17) is 0 Å². The number of likely N-dealkylation sites (N-methyl/N-ethyl adjacent to an activating group) is 1. The molecule has 0 aliphatic carbocycles. The molecule has 1 fully saturated rings. The number of nitrogens with zero attached hydrogens (tertiary/aromatic N) is 1. The molecule has 1 aliphatic heterocycles. The zero-order valence-electron chi connectivity index (χ0n) is 10.8. The zero-order chi connectivity index (χ0) is 12.7. The molecule has 1 heterocycles. The molecule has 98 valence electrons. The van der Waals surface area contributed by atoms with Gasteiger partial charge in [0.05, 0.1) is 0 Å². The molecule has 2 amide bonds. The molecule has 0 saturated carbocycles. The van der Waals surface area contributed by atoms with Gasteiger partial charge in [-0.05, 0) is 32.4 Å². The van der Waals surface area contributed by atoms with Crippen molar-refractivity contribution >= 4 is 11.8 Å². The fourth-order valence-corrected chi connectivity index (χ4v) is 2.15. The summed E-state index contributed by atoms with van der Waals surface area (Å²) < 4.78 is 0. The van der Waals surface area contributed by atoms with Gasteiger partial charge in [0.1, 0.15) is 0 Å². The van der Waals surface area contributed by atoms with Gasteiger partial charge in [0.15, 0.2) is 0 Å². The zero-order valence-corrected chi connectivity index (χ0v) is 10.8. The molecule has 0 aromatic heterocycles. The Balaban J connectivity index is 2.25. The SMILES string of the molecule is CCCNC(=O)C(=O)NC[C@@H]1CCCN1CC. The summed E-state index contributed by atoms with van der Waals surface area (Å²) in [5, 5.41) is 5.27. The highest BCUT2D eigenvalue weighted by atomic mass is 16.2. The van der Waals surface area contributed by atoms with Crippen molar-refractivity contribution in [3.05, 3.63) is 0 Å². The molecule has 5 heteroatoms. The molecule has 0 unspecified atom stereocenters. The summed E-state index contributed by atoms with van der Waals surface area (Å²) in [5.41, 5.74) is 0. The van der Waals surface area contributed by atoms with Crippen LogP contribution in [0.1, 0.15) is 33.1 Å². The van der Waals surface area contributed by atoms with Gasteiger partial charge in [-0.2, -0.15) is 0 Å². The van der Waals surface area contributed by atoms with Crippen LogP contribution in [0.3, 0.4) is 0 Å². The fourth-order valence-electron chi connectivity index (χ4n) is 2.15. The normalized spacial score (nSPS) is 20.2. The summed E-state index contributed by atoms with van der Waals surface area (Å²) >= 11 is 0. The smallest absolute Gasteiger partial charge is 0.309 e. The van der Waals surface area contributed by atoms with Gasteiger partial charge < -0.3 is 10.6 Å². The van der Waals surface area contributed by atoms with Crippen LogP contribution in [-0.2, 0) is 9.59 Å². The summed E-state index contributed by atoms with van der Waals surface area (Å²) in [6.45, 7) is 7.30. The summed E-state index contributed by atoms with van der Waals surface area (Å²) in [6, 6.07) is 0.392. The first-order valence-electron chi connectivity index (χ1n) is 6.49. The van der Waals surface area contributed by atoms with E-state index in [-0.39, 0.29) is 0 Å². The molecular weight excluding hydrogens is 218 g/mol. The Kier molecular flexibility index (Phi) is 5.97. The van der Waals surface area contributed by atoms with Gasteiger partial charge in [0.2, 0.25) is 0 Å². The molecule has 17 heavy (non-hydrogen) atoms. The van der Waals surface area contributed by atoms with Crippen LogP contribution in [0.2, 0.25) is 0 Å². The lowest BCUT2D eigenvalue weighted by Gasteiger charge is -2.22. The van der Waals surface area contributed by atoms with E-state index >= 15 is 0 Å². The standard InChI is InChI=1S/C12H23N3O2/c1-3-7-13-11(16)12(17)14-9-10-6-5-8-15(10)4-2/h10H,3-9H2,1-2H3,(H,13,16)(H,14,17)/t10-/m0/s1. The van der Waals surface area contributed by atoms with E-state index in [0.717, 1.165) is 25.9 Å². The molecule has 1 atom stereocenters. The number of amides is 2. The third kappa shape index (κ3) is 4.34. The average molecular weight is 241 g/mol. The van der Waals surface area contributed by atoms with Gasteiger partial charge in [0.25, 0.3) is 0 Å². The second-order valence-electron chi connectivity index (χ2n) is 4.39. The van der Waals surface area contributed by atoms with Crippen molar-refractivity contribution in [2.24, 2.45) is 0 Å². The monoisotopic (exact) mass is 241 g/mol. The quantitative estimate of drug-likeness (QED) is 0.672. The van der Waals surface area contributed by atoms with Crippen LogP contribution in [-0.4, -0.2) is 48.9 Å². The minimum absolute atomic E-state index is 0.392. The Hall–Kier alpha value is -1.10. The van der Waals surface area contributed by atoms with E-state index in [2.05, 4.69) is 22.5 Å². The van der Waals surface area contributed by atoms with Gasteiger partial charge >= 0.3 is 11.8 Å². The van der Waals surface area contributed by atoms with Gasteiger partial charge in [-0.3, -0.25) is 14.5 Å². The predicted octanol–water partition coefficient (Wildman–Crippen LogP) is 0.113. The lowest BCUT2D eigenvalue weighted by molar-refractivity contribution is -0.139. The Labute approximate surface area is 103 Å². The van der Waals surface area contributed by atoms with Crippen LogP contribution in [0.25, 0.3) is 0 Å². The highest BCUT2D eigenvalue weighted by Gasteiger charge is 2.24. The highest BCUT2D eigenvalue weighted by molar-refractivity contribution is 6.35. The van der Waals surface area contributed by atoms with E-state index in [1.165, 1.54) is 6.42 Å². The average Bonchev–Trinajstić information content (AvgIpc) is 2.80. The molecule has 1 rings (SSSR count). The lowest BCUT2D eigenvalue weighted by Crippen LogP contribution is -2.45. The summed E-state index contributed by atoms with van der Waals surface area (Å²) in [5.74, 6) is -1.03. The van der Waals surface area contributed by atoms with E-state index in [1.807, 2.05) is 6.92 Å². The minimum atomic E-state index is -0.520. The lowest BCUT2D eigenvalue weighted by atomic mass is 10.2. The first-order valence-corrected chi connectivity index (χ1v) is 6.49. The Morgan fingerprint density at radius 2 is 1.94 bits per heavy atom. The van der Waals surface area contributed by atoms with Crippen LogP contribution < -0.4 is 10.6 Å². The molecule has 5 nitrogen and oxygen atoms in total. The van der Waals surface area contributed by atoms with E-state index < -0.39 is 11.8 Å². The Morgan fingerprint density at radius 3 is 2.59 bits per heavy atom. The molecule has 0 radical (unpaired) electrons. The largest absolute Gasteiger partial charge is 0.348 e. The molecular formula is C12H23N3O2. The summed E-state index contributed by atoms with van der Waals surface area (Å²) in [4.78, 5) is 25.1. The predicted molar refractivity (Wildman–Crippen MR) is 66.6 cm³/mol. The minimum Gasteiger partial charge on any atom is -0.348 e. The number of carbonyl (C=O) groups excluding carboxylic acids is 2. The Bertz CT molecular complexity index is 268. The fraction of sp³-hybridized carbons (Fsp3) is 0.833. The number of carbonyl (C=O) groups is 2. The molecule has 0 aromatic carbocycles. The van der Waals surface area contributed by atoms with Gasteiger partial charge in [-0.1, -0.05) is 13.8 Å². The molecule has 0 spiro atoms. The van der Waals surface area contributed by atoms with Crippen LogP contribution in [0, 0.1) is 0 Å². The maximum absolute atomic E-state index is 11.5. The molecule has 2 N–H and O–H groups in total. The van der Waals surface area contributed by atoms with Crippen molar-refractivity contribution in [3.63, 3.8) is 0 Å². The number of rotatable bonds is 5. The van der Waals surface area contributed by atoms with Crippen LogP contribution in [0.4, 0.5) is 0 Å². The molecule has 0 bridgehead atoms. The number of hydrogen-bond acceptors (Lipinski definition) is 3. The van der Waals surface area contributed by atoms with E-state index in [9.17, 15) is 9.59 Å². The van der Waals surface area contributed by atoms with E-state index in [1.54, 1.807) is 0 Å². The van der Waals surface area contributed by atoms with Gasteiger partial charge in [0, 0.05) is 19.1 Å². The Morgan fingerprint density at radius 1 is 1.24 bits per heavy atom. The second kappa shape index (κ2) is 7.27. The maximum atomic E-state index is 11.5. The molecule has 0 aromatic rings. The first-order chi connectivity index (χ1) is 8.19. The van der Waals surface area contributed by atoms with Crippen molar-refractivity contribution in [1.82, 2.24) is 15.5 Å². The van der Waals surface area contributed by atoms with Crippen LogP contribution in [0.5, 0.6) is 0 Å². The maximum Gasteiger partial charge on any atom is 0.309 e. The summed E-state index contributed by atoms with van der Waals surface area (Å²) in [7, 11) is 0. The van der Waals surface area contributed by atoms with Crippen LogP contribution >= 0.6 is 0 Å². The molecule has 1 saturated heterocycles. The number of hydrogen-bond donors (Lipinski definition) is 2. The topological polar surface area (TPSA) is 61.4 Å². The van der Waals surface area contributed by atoms with Crippen molar-refractivity contribution < 1.29 is 9.59 Å². The van der Waals surface area contributed by atoms with Crippen molar-refractivity contribution in [3.8, 4) is 0 Å². The van der Waals surface area contributed by atoms with Gasteiger partial charge in [-0.25, -0.2) is 0 Å². The highest BCUT2D eigenvalue weighted by Crippen LogP contribution is 2.15. The van der Waals surface area contributed by atoms with Crippen molar-refractivity contribution in [1.29, 1.82) is 0 Å². The second-order valence-corrected chi connectivity index (χ2v) is 4.39. The third-order valence-corrected chi connectivity index (χ3v) is 3.15. The van der Waals surface area contributed by atoms with Crippen molar-refractivity contribution in [2.45, 2.75) is 39.2 Å². The number of likely N-dealkylation sites (tertiary alicyclic amines) is 1. The van der Waals surface area contributed by atoms with Crippen molar-refractivity contribution in [2.75, 3.05) is 26.2 Å². The van der Waals surface area contributed by atoms with Crippen LogP contribution in [0.15, 0.2) is 0 Å². The number of nitrogens with one attached hydrogen (secondary N) is 2. The van der Waals surface area contributed by atoms with Gasteiger partial charge in [-0.15, -0.1) is 0 Å². The first kappa shape index (κ1) is 14.0.